The molecule has 172 valence electrons. The molecule has 9 nitrogen and oxygen atoms in total. The molecule has 1 saturated heterocycles. The first-order valence-corrected chi connectivity index (χ1v) is 12.0. The second-order valence-corrected chi connectivity index (χ2v) is 10.6. The predicted octanol–water partition coefficient (Wildman–Crippen LogP) is 2.51. The maximum atomic E-state index is 13.2. The van der Waals surface area contributed by atoms with Crippen molar-refractivity contribution in [2.75, 3.05) is 20.1 Å². The molecule has 3 aromatic rings. The third-order valence-electron chi connectivity index (χ3n) is 5.81. The van der Waals surface area contributed by atoms with Crippen molar-refractivity contribution in [3.63, 3.8) is 0 Å². The fourth-order valence-electron chi connectivity index (χ4n) is 4.29. The Morgan fingerprint density at radius 1 is 1.19 bits per heavy atom. The van der Waals surface area contributed by atoms with E-state index in [2.05, 4.69) is 0 Å². The van der Waals surface area contributed by atoms with Gasteiger partial charge in [0.2, 0.25) is 15.9 Å². The van der Waals surface area contributed by atoms with Gasteiger partial charge in [-0.25, -0.2) is 13.2 Å². The molecule has 1 aliphatic heterocycles. The molecule has 2 atom stereocenters. The standard InChI is InChI=1S/C22H27N3O6S/c1-15-9-16(2)12-24(11-15)32(28,29)18-6-7-19-20(10-18)31-22(27)25(19)14-21(26)23(3)13-17-5-4-8-30-17/h4-8,10,15-16H,9,11-14H2,1-3H3/t15-,16-/m0/s1. The number of aromatic nitrogens is 1. The Morgan fingerprint density at radius 3 is 2.56 bits per heavy atom. The van der Waals surface area contributed by atoms with Gasteiger partial charge in [-0.1, -0.05) is 13.8 Å². The highest BCUT2D eigenvalue weighted by atomic mass is 32.2. The highest BCUT2D eigenvalue weighted by Crippen LogP contribution is 2.28. The molecular weight excluding hydrogens is 434 g/mol. The lowest BCUT2D eigenvalue weighted by molar-refractivity contribution is -0.131. The number of carbonyl (C=O) groups excluding carboxylic acids is 1. The molecule has 0 N–H and O–H groups in total. The third kappa shape index (κ3) is 4.37. The predicted molar refractivity (Wildman–Crippen MR) is 117 cm³/mol. The van der Waals surface area contributed by atoms with Gasteiger partial charge in [0.05, 0.1) is 23.2 Å². The van der Waals surface area contributed by atoms with Crippen LogP contribution >= 0.6 is 0 Å². The number of rotatable bonds is 6. The van der Waals surface area contributed by atoms with Crippen LogP contribution in [0.3, 0.4) is 0 Å². The van der Waals surface area contributed by atoms with Crippen LogP contribution < -0.4 is 5.76 Å². The van der Waals surface area contributed by atoms with Crippen molar-refractivity contribution in [1.82, 2.24) is 13.8 Å². The number of likely N-dealkylation sites (N-methyl/N-ethyl adjacent to an activating group) is 1. The van der Waals surface area contributed by atoms with E-state index in [-0.39, 0.29) is 41.3 Å². The fraction of sp³-hybridized carbons (Fsp3) is 0.455. The van der Waals surface area contributed by atoms with Crippen LogP contribution in [0.25, 0.3) is 11.1 Å². The molecular formula is C22H27N3O6S. The molecule has 2 aromatic heterocycles. The van der Waals surface area contributed by atoms with Gasteiger partial charge in [-0.2, -0.15) is 4.31 Å². The zero-order valence-corrected chi connectivity index (χ0v) is 19.2. The minimum atomic E-state index is -3.71. The highest BCUT2D eigenvalue weighted by molar-refractivity contribution is 7.89. The Hall–Kier alpha value is -2.85. The van der Waals surface area contributed by atoms with Crippen molar-refractivity contribution in [3.8, 4) is 0 Å². The summed E-state index contributed by atoms with van der Waals surface area (Å²) in [5, 5.41) is 0. The number of benzene rings is 1. The second-order valence-electron chi connectivity index (χ2n) is 8.68. The number of sulfonamides is 1. The van der Waals surface area contributed by atoms with E-state index in [1.54, 1.807) is 19.2 Å². The van der Waals surface area contributed by atoms with Gasteiger partial charge in [0.15, 0.2) is 5.58 Å². The van der Waals surface area contributed by atoms with E-state index in [9.17, 15) is 18.0 Å². The molecule has 32 heavy (non-hydrogen) atoms. The molecule has 1 aromatic carbocycles. The maximum Gasteiger partial charge on any atom is 0.420 e. The zero-order chi connectivity index (χ0) is 23.0. The van der Waals surface area contributed by atoms with Crippen molar-refractivity contribution in [2.45, 2.75) is 38.3 Å². The monoisotopic (exact) mass is 461 g/mol. The number of piperidine rings is 1. The second kappa shape index (κ2) is 8.59. The molecule has 10 heteroatoms. The van der Waals surface area contributed by atoms with Crippen LogP contribution in [0.2, 0.25) is 0 Å². The molecule has 3 heterocycles. The van der Waals surface area contributed by atoms with Crippen LogP contribution in [0.1, 0.15) is 26.0 Å². The first-order valence-electron chi connectivity index (χ1n) is 10.5. The highest BCUT2D eigenvalue weighted by Gasteiger charge is 2.32. The van der Waals surface area contributed by atoms with Crippen molar-refractivity contribution in [2.24, 2.45) is 11.8 Å². The zero-order valence-electron chi connectivity index (χ0n) is 18.4. The molecule has 0 radical (unpaired) electrons. The van der Waals surface area contributed by atoms with Gasteiger partial charge in [-0.3, -0.25) is 9.36 Å². The molecule has 0 unspecified atom stereocenters. The lowest BCUT2D eigenvalue weighted by atomic mass is 9.94. The molecule has 4 rings (SSSR count). The molecule has 1 fully saturated rings. The summed E-state index contributed by atoms with van der Waals surface area (Å²) in [5.41, 5.74) is 0.504. The normalized spacial score (nSPS) is 20.0. The molecule has 1 amide bonds. The summed E-state index contributed by atoms with van der Waals surface area (Å²) in [6, 6.07) is 7.84. The van der Waals surface area contributed by atoms with Gasteiger partial charge >= 0.3 is 5.76 Å². The number of oxazole rings is 1. The summed E-state index contributed by atoms with van der Waals surface area (Å²) in [5.74, 6) is 0.163. The van der Waals surface area contributed by atoms with Gasteiger partial charge in [0.1, 0.15) is 12.3 Å². The lowest BCUT2D eigenvalue weighted by Crippen LogP contribution is -2.42. The average Bonchev–Trinajstić information content (AvgIpc) is 3.34. The topological polar surface area (TPSA) is 106 Å². The van der Waals surface area contributed by atoms with Gasteiger partial charge in [0, 0.05) is 26.2 Å². The minimum Gasteiger partial charge on any atom is -0.467 e. The van der Waals surface area contributed by atoms with Crippen LogP contribution in [-0.2, 0) is 27.9 Å². The average molecular weight is 462 g/mol. The first kappa shape index (κ1) is 22.3. The smallest absolute Gasteiger partial charge is 0.420 e. The summed E-state index contributed by atoms with van der Waals surface area (Å²) in [7, 11) is -2.10. The van der Waals surface area contributed by atoms with Crippen LogP contribution in [-0.4, -0.2) is 48.2 Å². The first-order chi connectivity index (χ1) is 15.1. The Labute approximate surface area is 186 Å². The van der Waals surface area contributed by atoms with Crippen molar-refractivity contribution in [3.05, 3.63) is 52.9 Å². The Kier molecular flexibility index (Phi) is 6.00. The van der Waals surface area contributed by atoms with E-state index in [4.69, 9.17) is 8.83 Å². The molecule has 0 saturated carbocycles. The number of hydrogen-bond acceptors (Lipinski definition) is 6. The number of hydrogen-bond donors (Lipinski definition) is 0. The van der Waals surface area contributed by atoms with Crippen LogP contribution in [0.5, 0.6) is 0 Å². The summed E-state index contributed by atoms with van der Waals surface area (Å²) < 4.78 is 39.6. The Balaban J connectivity index is 1.57. The quantitative estimate of drug-likeness (QED) is 0.558. The maximum absolute atomic E-state index is 13.2. The summed E-state index contributed by atoms with van der Waals surface area (Å²) in [6.07, 6.45) is 2.52. The molecule has 1 aliphatic rings. The van der Waals surface area contributed by atoms with Crippen LogP contribution in [0, 0.1) is 11.8 Å². The fourth-order valence-corrected chi connectivity index (χ4v) is 5.98. The minimum absolute atomic E-state index is 0.0773. The number of furan rings is 1. The van der Waals surface area contributed by atoms with E-state index < -0.39 is 15.8 Å². The van der Waals surface area contributed by atoms with E-state index in [0.717, 1.165) is 6.42 Å². The van der Waals surface area contributed by atoms with E-state index >= 15 is 0 Å². The third-order valence-corrected chi connectivity index (χ3v) is 7.63. The molecule has 0 spiro atoms. The van der Waals surface area contributed by atoms with Gasteiger partial charge in [-0.15, -0.1) is 0 Å². The van der Waals surface area contributed by atoms with Gasteiger partial charge in [-0.05, 0) is 42.5 Å². The summed E-state index contributed by atoms with van der Waals surface area (Å²) >= 11 is 0. The van der Waals surface area contributed by atoms with E-state index in [0.29, 0.717) is 24.4 Å². The molecule has 0 bridgehead atoms. The number of carbonyl (C=O) groups is 1. The largest absolute Gasteiger partial charge is 0.467 e. The van der Waals surface area contributed by atoms with Gasteiger partial charge < -0.3 is 13.7 Å². The SMILES string of the molecule is C[C@H]1C[C@H](C)CN(S(=O)(=O)c2ccc3c(c2)oc(=O)n3CC(=O)N(C)Cc2ccco2)C1. The van der Waals surface area contributed by atoms with E-state index in [1.807, 2.05) is 13.8 Å². The van der Waals surface area contributed by atoms with Crippen molar-refractivity contribution < 1.29 is 22.0 Å². The van der Waals surface area contributed by atoms with Crippen molar-refractivity contribution in [1.29, 1.82) is 0 Å². The van der Waals surface area contributed by atoms with Crippen molar-refractivity contribution >= 4 is 27.0 Å². The number of amides is 1. The van der Waals surface area contributed by atoms with Crippen LogP contribution in [0.4, 0.5) is 0 Å². The Bertz CT molecular complexity index is 1260. The number of fused-ring (bicyclic) bond motifs is 1. The van der Waals surface area contributed by atoms with Crippen LogP contribution in [0.15, 0.2) is 55.1 Å². The summed E-state index contributed by atoms with van der Waals surface area (Å²) in [4.78, 5) is 26.5. The molecule has 0 aliphatic carbocycles. The van der Waals surface area contributed by atoms with Gasteiger partial charge in [0.25, 0.3) is 0 Å². The summed E-state index contributed by atoms with van der Waals surface area (Å²) in [6.45, 7) is 5.06. The van der Waals surface area contributed by atoms with E-state index in [1.165, 1.54) is 38.2 Å². The lowest BCUT2D eigenvalue weighted by Gasteiger charge is -2.34. The number of nitrogens with zero attached hydrogens (tertiary/aromatic N) is 3. The Morgan fingerprint density at radius 2 is 1.91 bits per heavy atom.